The largest absolute Gasteiger partial charge is 0.301 e. The second-order valence-corrected chi connectivity index (χ2v) is 9.02. The lowest BCUT2D eigenvalue weighted by Gasteiger charge is -2.33. The number of aryl methyl sites for hydroxylation is 1. The zero-order chi connectivity index (χ0) is 17.0. The average molecular weight is 368 g/mol. The molecule has 0 bridgehead atoms. The quantitative estimate of drug-likeness (QED) is 0.787. The maximum atomic E-state index is 13.1. The molecule has 0 aliphatic carbocycles. The molecular weight excluding hydrogens is 347 g/mol. The summed E-state index contributed by atoms with van der Waals surface area (Å²) < 4.78 is 40.1. The van der Waals surface area contributed by atoms with Crippen LogP contribution in [0.5, 0.6) is 0 Å². The highest BCUT2D eigenvalue weighted by atomic mass is 32.2. The topological polar surface area (TPSA) is 40.6 Å². The molecule has 1 aliphatic heterocycles. The molecule has 0 saturated carbocycles. The van der Waals surface area contributed by atoms with Gasteiger partial charge in [0, 0.05) is 26.2 Å². The van der Waals surface area contributed by atoms with Crippen molar-refractivity contribution in [2.24, 2.45) is 0 Å². The lowest BCUT2D eigenvalue weighted by atomic mass is 10.1. The lowest BCUT2D eigenvalue weighted by molar-refractivity contribution is 0.187. The zero-order valence-corrected chi connectivity index (χ0v) is 15.0. The van der Waals surface area contributed by atoms with Crippen LogP contribution in [0.15, 0.2) is 46.0 Å². The minimum atomic E-state index is -3.33. The van der Waals surface area contributed by atoms with Gasteiger partial charge in [-0.15, -0.1) is 11.3 Å². The minimum Gasteiger partial charge on any atom is -0.301 e. The van der Waals surface area contributed by atoms with Crippen molar-refractivity contribution >= 4 is 21.4 Å². The Morgan fingerprint density at radius 1 is 1.08 bits per heavy atom. The monoisotopic (exact) mass is 368 g/mol. The van der Waals surface area contributed by atoms with Gasteiger partial charge in [-0.25, -0.2) is 12.8 Å². The Morgan fingerprint density at radius 2 is 1.88 bits per heavy atom. The van der Waals surface area contributed by atoms with Gasteiger partial charge in [0.15, 0.2) is 0 Å². The summed E-state index contributed by atoms with van der Waals surface area (Å²) in [4.78, 5) is 2.28. The second kappa shape index (κ2) is 7.74. The molecule has 0 unspecified atom stereocenters. The van der Waals surface area contributed by atoms with Crippen molar-refractivity contribution in [3.8, 4) is 0 Å². The molecule has 3 rings (SSSR count). The Bertz CT molecular complexity index is 755. The van der Waals surface area contributed by atoms with E-state index >= 15 is 0 Å². The van der Waals surface area contributed by atoms with Crippen molar-refractivity contribution in [1.82, 2.24) is 9.21 Å². The van der Waals surface area contributed by atoms with E-state index in [9.17, 15) is 12.8 Å². The van der Waals surface area contributed by atoms with E-state index in [4.69, 9.17) is 0 Å². The first kappa shape index (κ1) is 17.5. The van der Waals surface area contributed by atoms with Crippen LogP contribution in [0.3, 0.4) is 0 Å². The number of hydrogen-bond donors (Lipinski definition) is 0. The van der Waals surface area contributed by atoms with Gasteiger partial charge in [-0.05, 0) is 48.5 Å². The van der Waals surface area contributed by atoms with Crippen LogP contribution in [0.1, 0.15) is 12.0 Å². The number of halogens is 1. The van der Waals surface area contributed by atoms with E-state index in [1.54, 1.807) is 34.0 Å². The van der Waals surface area contributed by atoms with Crippen LogP contribution >= 0.6 is 11.3 Å². The molecule has 0 atom stereocenters. The van der Waals surface area contributed by atoms with Crippen LogP contribution < -0.4 is 0 Å². The molecular formula is C17H21FN2O2S2. The predicted molar refractivity (Wildman–Crippen MR) is 94.2 cm³/mol. The summed E-state index contributed by atoms with van der Waals surface area (Å²) in [6.07, 6.45) is 1.78. The van der Waals surface area contributed by atoms with Gasteiger partial charge in [-0.1, -0.05) is 18.2 Å². The SMILES string of the molecule is O=S(=O)(c1cccs1)N1CCN(CCCc2cccc(F)c2)CC1. The highest BCUT2D eigenvalue weighted by Crippen LogP contribution is 2.22. The van der Waals surface area contributed by atoms with Crippen LogP contribution in [-0.2, 0) is 16.4 Å². The Kier molecular flexibility index (Phi) is 5.65. The van der Waals surface area contributed by atoms with Gasteiger partial charge < -0.3 is 4.90 Å². The third-order valence-electron chi connectivity index (χ3n) is 4.25. The number of hydrogen-bond acceptors (Lipinski definition) is 4. The Labute approximate surface area is 146 Å². The van der Waals surface area contributed by atoms with E-state index in [-0.39, 0.29) is 5.82 Å². The molecule has 2 heterocycles. The van der Waals surface area contributed by atoms with Crippen molar-refractivity contribution < 1.29 is 12.8 Å². The van der Waals surface area contributed by atoms with E-state index in [1.807, 2.05) is 6.07 Å². The molecule has 7 heteroatoms. The van der Waals surface area contributed by atoms with Gasteiger partial charge in [0.1, 0.15) is 10.0 Å². The molecule has 1 aliphatic rings. The third kappa shape index (κ3) is 4.22. The molecule has 1 aromatic carbocycles. The van der Waals surface area contributed by atoms with E-state index in [1.165, 1.54) is 17.4 Å². The molecule has 130 valence electrons. The maximum Gasteiger partial charge on any atom is 0.252 e. The standard InChI is InChI=1S/C17H21FN2O2S2/c18-16-6-1-4-15(14-16)5-2-8-19-9-11-20(12-10-19)24(21,22)17-7-3-13-23-17/h1,3-4,6-7,13-14H,2,5,8-12H2. The van der Waals surface area contributed by atoms with Gasteiger partial charge in [0.25, 0.3) is 10.0 Å². The molecule has 0 amide bonds. The number of thiophene rings is 1. The van der Waals surface area contributed by atoms with Gasteiger partial charge in [0.05, 0.1) is 0 Å². The summed E-state index contributed by atoms with van der Waals surface area (Å²) in [7, 11) is -3.33. The van der Waals surface area contributed by atoms with Crippen LogP contribution in [0.4, 0.5) is 4.39 Å². The number of rotatable bonds is 6. The fourth-order valence-corrected chi connectivity index (χ4v) is 5.50. The number of benzene rings is 1. The predicted octanol–water partition coefficient (Wildman–Crippen LogP) is 2.83. The zero-order valence-electron chi connectivity index (χ0n) is 13.4. The Balaban J connectivity index is 1.46. The summed E-state index contributed by atoms with van der Waals surface area (Å²) in [5.74, 6) is -0.195. The molecule has 0 spiro atoms. The van der Waals surface area contributed by atoms with E-state index in [2.05, 4.69) is 4.90 Å². The summed E-state index contributed by atoms with van der Waals surface area (Å²) in [6.45, 7) is 3.45. The molecule has 4 nitrogen and oxygen atoms in total. The minimum absolute atomic E-state index is 0.195. The van der Waals surface area contributed by atoms with Gasteiger partial charge in [-0.2, -0.15) is 4.31 Å². The molecule has 0 radical (unpaired) electrons. The molecule has 1 saturated heterocycles. The van der Waals surface area contributed by atoms with Crippen LogP contribution in [-0.4, -0.2) is 50.3 Å². The smallest absolute Gasteiger partial charge is 0.252 e. The van der Waals surface area contributed by atoms with E-state index < -0.39 is 10.0 Å². The van der Waals surface area contributed by atoms with Gasteiger partial charge in [-0.3, -0.25) is 0 Å². The van der Waals surface area contributed by atoms with Crippen LogP contribution in [0.25, 0.3) is 0 Å². The second-order valence-electron chi connectivity index (χ2n) is 5.91. The van der Waals surface area contributed by atoms with E-state index in [0.717, 1.165) is 38.0 Å². The Hall–Kier alpha value is -1.28. The van der Waals surface area contributed by atoms with Crippen molar-refractivity contribution in [3.63, 3.8) is 0 Å². The molecule has 1 aromatic heterocycles. The number of sulfonamides is 1. The lowest BCUT2D eigenvalue weighted by Crippen LogP contribution is -2.48. The molecule has 24 heavy (non-hydrogen) atoms. The highest BCUT2D eigenvalue weighted by Gasteiger charge is 2.28. The Morgan fingerprint density at radius 3 is 2.54 bits per heavy atom. The first-order valence-corrected chi connectivity index (χ1v) is 10.4. The van der Waals surface area contributed by atoms with Crippen molar-refractivity contribution in [3.05, 3.63) is 53.2 Å². The van der Waals surface area contributed by atoms with Crippen molar-refractivity contribution in [1.29, 1.82) is 0 Å². The van der Waals surface area contributed by atoms with Crippen molar-refractivity contribution in [2.75, 3.05) is 32.7 Å². The summed E-state index contributed by atoms with van der Waals surface area (Å²) in [5.41, 5.74) is 1.01. The summed E-state index contributed by atoms with van der Waals surface area (Å²) in [5, 5.41) is 1.79. The van der Waals surface area contributed by atoms with Gasteiger partial charge in [0.2, 0.25) is 0 Å². The number of piperazine rings is 1. The van der Waals surface area contributed by atoms with E-state index in [0.29, 0.717) is 17.3 Å². The fraction of sp³-hybridized carbons (Fsp3) is 0.412. The maximum absolute atomic E-state index is 13.1. The number of nitrogens with zero attached hydrogens (tertiary/aromatic N) is 2. The average Bonchev–Trinajstić information content (AvgIpc) is 3.11. The summed E-state index contributed by atoms with van der Waals surface area (Å²) in [6, 6.07) is 10.1. The summed E-state index contributed by atoms with van der Waals surface area (Å²) >= 11 is 1.26. The fourth-order valence-electron chi connectivity index (χ4n) is 2.93. The van der Waals surface area contributed by atoms with Gasteiger partial charge >= 0.3 is 0 Å². The molecule has 1 fully saturated rings. The third-order valence-corrected chi connectivity index (χ3v) is 7.52. The first-order chi connectivity index (χ1) is 11.6. The van der Waals surface area contributed by atoms with Crippen LogP contribution in [0, 0.1) is 5.82 Å². The molecule has 0 N–H and O–H groups in total. The first-order valence-electron chi connectivity index (χ1n) is 8.06. The van der Waals surface area contributed by atoms with Crippen LogP contribution in [0.2, 0.25) is 0 Å². The molecule has 2 aromatic rings. The normalized spacial score (nSPS) is 17.2. The highest BCUT2D eigenvalue weighted by molar-refractivity contribution is 7.91. The van der Waals surface area contributed by atoms with Crippen molar-refractivity contribution in [2.45, 2.75) is 17.1 Å².